The molecule has 0 bridgehead atoms. The number of carbonyl (C=O) groups is 1. The third kappa shape index (κ3) is 7.25. The summed E-state index contributed by atoms with van der Waals surface area (Å²) >= 11 is 1.29. The Hall–Kier alpha value is -4.00. The number of aryl methyl sites for hydroxylation is 1. The van der Waals surface area contributed by atoms with E-state index in [2.05, 4.69) is 10.1 Å². The summed E-state index contributed by atoms with van der Waals surface area (Å²) in [4.78, 5) is 29.0. The number of non-ortho nitro benzene ring substituents is 1. The molecule has 0 radical (unpaired) electrons. The number of sulfonamides is 1. The summed E-state index contributed by atoms with van der Waals surface area (Å²) in [7, 11) is -3.76. The molecule has 1 amide bonds. The summed E-state index contributed by atoms with van der Waals surface area (Å²) in [6.07, 6.45) is 1.42. The number of hydrogen-bond donors (Lipinski definition) is 0. The van der Waals surface area contributed by atoms with E-state index in [9.17, 15) is 23.3 Å². The van der Waals surface area contributed by atoms with Gasteiger partial charge in [-0.3, -0.25) is 14.9 Å². The van der Waals surface area contributed by atoms with Crippen molar-refractivity contribution in [2.75, 3.05) is 18.1 Å². The van der Waals surface area contributed by atoms with Crippen molar-refractivity contribution < 1.29 is 18.1 Å². The number of nitrogens with zero attached hydrogens (tertiary/aromatic N) is 5. The quantitative estimate of drug-likeness (QED) is 0.109. The van der Waals surface area contributed by atoms with Crippen LogP contribution in [0.25, 0.3) is 10.2 Å². The number of fused-ring (bicyclic) bond motifs is 1. The van der Waals surface area contributed by atoms with Crippen LogP contribution in [0.4, 0.5) is 10.8 Å². The first-order valence-electron chi connectivity index (χ1n) is 13.5. The third-order valence-corrected chi connectivity index (χ3v) is 9.05. The molecule has 1 heterocycles. The minimum atomic E-state index is -3.76. The Balaban J connectivity index is 1.68. The van der Waals surface area contributed by atoms with Gasteiger partial charge in [0.2, 0.25) is 15.2 Å². The maximum atomic E-state index is 13.8. The summed E-state index contributed by atoms with van der Waals surface area (Å²) < 4.78 is 29.3. The highest BCUT2D eigenvalue weighted by Crippen LogP contribution is 2.31. The number of carbonyl (C=O) groups excluding carboxylic acids is 1. The topological polar surface area (TPSA) is 126 Å². The lowest BCUT2D eigenvalue weighted by molar-refractivity contribution is -0.384. The molecule has 0 saturated heterocycles. The van der Waals surface area contributed by atoms with Crippen molar-refractivity contribution in [3.8, 4) is 0 Å². The fourth-order valence-corrected chi connectivity index (χ4v) is 7.02. The minimum Gasteiger partial charge on any atom is -0.267 e. The zero-order chi connectivity index (χ0) is 30.6. The molecule has 0 aliphatic rings. The Morgan fingerprint density at radius 3 is 2.19 bits per heavy atom. The molecule has 0 saturated carbocycles. The molecule has 0 aliphatic heterocycles. The Morgan fingerprint density at radius 1 is 1.00 bits per heavy atom. The largest absolute Gasteiger partial charge is 0.280 e. The van der Waals surface area contributed by atoms with E-state index in [0.717, 1.165) is 15.3 Å². The smallest absolute Gasteiger partial charge is 0.267 e. The van der Waals surface area contributed by atoms with Gasteiger partial charge in [-0.15, -0.1) is 0 Å². The van der Waals surface area contributed by atoms with Crippen LogP contribution in [-0.2, 0) is 10.0 Å². The van der Waals surface area contributed by atoms with E-state index in [1.807, 2.05) is 52.8 Å². The van der Waals surface area contributed by atoms with Gasteiger partial charge < -0.3 is 0 Å². The standard InChI is InChI=1S/C30H33N5O5S2/c1-20(2)18-33(19-21(3)4)42(39,40)26-13-9-24(10-14-26)29(36)34(30-32-27-15-6-22(5)16-28(27)41-30)31-17-23-7-11-25(12-8-23)35(37)38/h6-17,20-21H,18-19H2,1-5H3/b31-17+. The lowest BCUT2D eigenvalue weighted by Crippen LogP contribution is -2.37. The lowest BCUT2D eigenvalue weighted by Gasteiger charge is -2.25. The summed E-state index contributed by atoms with van der Waals surface area (Å²) in [5.74, 6) is -0.201. The van der Waals surface area contributed by atoms with E-state index in [0.29, 0.717) is 29.3 Å². The van der Waals surface area contributed by atoms with Crippen molar-refractivity contribution in [2.45, 2.75) is 39.5 Å². The number of amides is 1. The summed E-state index contributed by atoms with van der Waals surface area (Å²) in [6, 6.07) is 17.4. The number of hydrogen-bond acceptors (Lipinski definition) is 8. The number of rotatable bonds is 11. The van der Waals surface area contributed by atoms with Crippen molar-refractivity contribution in [2.24, 2.45) is 16.9 Å². The van der Waals surface area contributed by atoms with E-state index < -0.39 is 20.9 Å². The zero-order valence-electron chi connectivity index (χ0n) is 24.1. The van der Waals surface area contributed by atoms with Gasteiger partial charge in [-0.1, -0.05) is 45.1 Å². The van der Waals surface area contributed by atoms with Gasteiger partial charge in [0, 0.05) is 30.8 Å². The second-order valence-electron chi connectivity index (χ2n) is 10.8. The molecule has 4 aromatic rings. The molecule has 4 rings (SSSR count). The number of nitro benzene ring substituents is 1. The number of anilines is 1. The molecular formula is C30H33N5O5S2. The van der Waals surface area contributed by atoms with E-state index in [1.165, 1.54) is 70.4 Å². The SMILES string of the molecule is Cc1ccc2nc(N(/N=C/c3ccc([N+](=O)[O-])cc3)C(=O)c3ccc(S(=O)(=O)N(CC(C)C)CC(C)C)cc3)sc2c1. The van der Waals surface area contributed by atoms with E-state index in [4.69, 9.17) is 0 Å². The lowest BCUT2D eigenvalue weighted by atomic mass is 10.2. The minimum absolute atomic E-state index is 0.0583. The Labute approximate surface area is 249 Å². The average Bonchev–Trinajstić information content (AvgIpc) is 3.35. The molecule has 0 aliphatic carbocycles. The number of benzene rings is 3. The molecule has 42 heavy (non-hydrogen) atoms. The van der Waals surface area contributed by atoms with Gasteiger partial charge in [0.05, 0.1) is 26.3 Å². The van der Waals surface area contributed by atoms with Crippen LogP contribution < -0.4 is 5.01 Å². The van der Waals surface area contributed by atoms with Crippen LogP contribution in [0.5, 0.6) is 0 Å². The summed E-state index contributed by atoms with van der Waals surface area (Å²) in [5, 5.41) is 16.9. The predicted molar refractivity (Wildman–Crippen MR) is 167 cm³/mol. The number of aromatic nitrogens is 1. The van der Waals surface area contributed by atoms with Crippen LogP contribution >= 0.6 is 11.3 Å². The van der Waals surface area contributed by atoms with E-state index >= 15 is 0 Å². The predicted octanol–water partition coefficient (Wildman–Crippen LogP) is 6.50. The molecule has 10 nitrogen and oxygen atoms in total. The van der Waals surface area contributed by atoms with Crippen LogP contribution in [0.1, 0.15) is 49.2 Å². The van der Waals surface area contributed by atoms with Gasteiger partial charge in [-0.2, -0.15) is 14.4 Å². The first-order chi connectivity index (χ1) is 19.8. The first-order valence-corrected chi connectivity index (χ1v) is 15.7. The Bertz CT molecular complexity index is 1700. The molecule has 0 N–H and O–H groups in total. The third-order valence-electron chi connectivity index (χ3n) is 6.21. The maximum absolute atomic E-state index is 13.8. The molecule has 220 valence electrons. The summed E-state index contributed by atoms with van der Waals surface area (Å²) in [5.41, 5.74) is 2.47. The fraction of sp³-hybridized carbons (Fsp3) is 0.300. The average molecular weight is 608 g/mol. The Morgan fingerprint density at radius 2 is 1.62 bits per heavy atom. The highest BCUT2D eigenvalue weighted by atomic mass is 32.2. The molecule has 0 unspecified atom stereocenters. The van der Waals surface area contributed by atoms with Crippen LogP contribution in [0, 0.1) is 28.9 Å². The highest BCUT2D eigenvalue weighted by molar-refractivity contribution is 7.89. The molecule has 0 spiro atoms. The number of nitro groups is 1. The Kier molecular flexibility index (Phi) is 9.50. The maximum Gasteiger partial charge on any atom is 0.280 e. The number of hydrazone groups is 1. The first kappa shape index (κ1) is 30.9. The monoisotopic (exact) mass is 607 g/mol. The second-order valence-corrected chi connectivity index (χ2v) is 13.8. The van der Waals surface area contributed by atoms with E-state index in [1.54, 1.807) is 0 Å². The molecule has 3 aromatic carbocycles. The van der Waals surface area contributed by atoms with Gasteiger partial charge in [-0.25, -0.2) is 13.4 Å². The van der Waals surface area contributed by atoms with Crippen LogP contribution in [0.3, 0.4) is 0 Å². The van der Waals surface area contributed by atoms with Crippen LogP contribution in [0.15, 0.2) is 76.7 Å². The van der Waals surface area contributed by atoms with Gasteiger partial charge in [0.1, 0.15) is 0 Å². The highest BCUT2D eigenvalue weighted by Gasteiger charge is 2.27. The molecular weight excluding hydrogens is 574 g/mol. The van der Waals surface area contributed by atoms with Crippen LogP contribution in [-0.4, -0.2) is 47.8 Å². The van der Waals surface area contributed by atoms with Crippen molar-refractivity contribution in [1.82, 2.24) is 9.29 Å². The molecule has 1 aromatic heterocycles. The summed E-state index contributed by atoms with van der Waals surface area (Å²) in [6.45, 7) is 10.6. The van der Waals surface area contributed by atoms with E-state index in [-0.39, 0.29) is 28.0 Å². The molecule has 0 atom stereocenters. The van der Waals surface area contributed by atoms with Gasteiger partial charge in [0.25, 0.3) is 11.6 Å². The van der Waals surface area contributed by atoms with Gasteiger partial charge >= 0.3 is 0 Å². The zero-order valence-corrected chi connectivity index (χ0v) is 25.7. The second kappa shape index (κ2) is 12.9. The van der Waals surface area contributed by atoms with Crippen LogP contribution in [0.2, 0.25) is 0 Å². The van der Waals surface area contributed by atoms with Crippen molar-refractivity contribution in [3.05, 3.63) is 93.5 Å². The van der Waals surface area contributed by atoms with Crippen molar-refractivity contribution >= 4 is 54.5 Å². The fourth-order valence-electron chi connectivity index (χ4n) is 4.23. The van der Waals surface area contributed by atoms with Crippen molar-refractivity contribution in [1.29, 1.82) is 0 Å². The molecule has 0 fully saturated rings. The van der Waals surface area contributed by atoms with Gasteiger partial charge in [-0.05, 0) is 78.4 Å². The van der Waals surface area contributed by atoms with Gasteiger partial charge in [0.15, 0.2) is 0 Å². The normalized spacial score (nSPS) is 12.2. The number of thiazole rings is 1. The molecule has 12 heteroatoms. The van der Waals surface area contributed by atoms with Crippen molar-refractivity contribution in [3.63, 3.8) is 0 Å².